The summed E-state index contributed by atoms with van der Waals surface area (Å²) in [7, 11) is 0. The Labute approximate surface area is 84.0 Å². The zero-order chi connectivity index (χ0) is 10.0. The molecule has 0 bridgehead atoms. The molecule has 76 valence electrons. The number of nitrogens with zero attached hydrogens (tertiary/aromatic N) is 1. The second-order valence-electron chi connectivity index (χ2n) is 4.10. The topological polar surface area (TPSA) is 59.1 Å². The van der Waals surface area contributed by atoms with Crippen molar-refractivity contribution in [2.75, 3.05) is 0 Å². The molecule has 1 unspecified atom stereocenters. The van der Waals surface area contributed by atoms with Gasteiger partial charge < -0.3 is 10.8 Å². The van der Waals surface area contributed by atoms with Crippen LogP contribution in [0.2, 0.25) is 0 Å². The molecule has 3 N–H and O–H groups in total. The van der Waals surface area contributed by atoms with Crippen molar-refractivity contribution in [2.45, 2.75) is 37.3 Å². The van der Waals surface area contributed by atoms with Gasteiger partial charge in [0.1, 0.15) is 6.10 Å². The van der Waals surface area contributed by atoms with Gasteiger partial charge in [0.05, 0.1) is 5.69 Å². The fourth-order valence-corrected chi connectivity index (χ4v) is 2.14. The van der Waals surface area contributed by atoms with Crippen molar-refractivity contribution in [3.63, 3.8) is 0 Å². The molecule has 1 heterocycles. The highest BCUT2D eigenvalue weighted by atomic mass is 16.3. The molecule has 0 aliphatic heterocycles. The zero-order valence-corrected chi connectivity index (χ0v) is 8.19. The van der Waals surface area contributed by atoms with Crippen LogP contribution in [0.5, 0.6) is 0 Å². The minimum Gasteiger partial charge on any atom is -0.385 e. The van der Waals surface area contributed by atoms with Crippen LogP contribution in [-0.2, 0) is 0 Å². The molecule has 1 aromatic rings. The van der Waals surface area contributed by atoms with Gasteiger partial charge in [-0.1, -0.05) is 18.9 Å². The van der Waals surface area contributed by atoms with Crippen LogP contribution in [0, 0.1) is 0 Å². The molecule has 3 nitrogen and oxygen atoms in total. The molecule has 0 amide bonds. The number of aliphatic hydroxyl groups is 1. The number of hydrogen-bond acceptors (Lipinski definition) is 3. The van der Waals surface area contributed by atoms with Crippen LogP contribution in [0.3, 0.4) is 0 Å². The predicted molar refractivity (Wildman–Crippen MR) is 54.6 cm³/mol. The lowest BCUT2D eigenvalue weighted by atomic mass is 9.89. The molecule has 0 aromatic carbocycles. The van der Waals surface area contributed by atoms with Crippen LogP contribution in [0.4, 0.5) is 0 Å². The van der Waals surface area contributed by atoms with Crippen molar-refractivity contribution in [3.05, 3.63) is 30.1 Å². The quantitative estimate of drug-likeness (QED) is 0.744. The van der Waals surface area contributed by atoms with Crippen molar-refractivity contribution in [1.82, 2.24) is 4.98 Å². The minimum absolute atomic E-state index is 0.450. The molecule has 2 rings (SSSR count). The maximum Gasteiger partial charge on any atom is 0.114 e. The van der Waals surface area contributed by atoms with Gasteiger partial charge in [0, 0.05) is 11.7 Å². The average Bonchev–Trinajstić information content (AvgIpc) is 2.67. The summed E-state index contributed by atoms with van der Waals surface area (Å²) in [5.41, 5.74) is 6.39. The van der Waals surface area contributed by atoms with E-state index >= 15 is 0 Å². The molecule has 1 aliphatic carbocycles. The molecule has 0 saturated heterocycles. The van der Waals surface area contributed by atoms with Crippen molar-refractivity contribution >= 4 is 0 Å². The van der Waals surface area contributed by atoms with Gasteiger partial charge >= 0.3 is 0 Å². The highest BCUT2D eigenvalue weighted by Gasteiger charge is 2.38. The van der Waals surface area contributed by atoms with E-state index in [1.165, 1.54) is 0 Å². The number of pyridine rings is 1. The van der Waals surface area contributed by atoms with Crippen LogP contribution >= 0.6 is 0 Å². The van der Waals surface area contributed by atoms with Gasteiger partial charge in [-0.3, -0.25) is 4.98 Å². The smallest absolute Gasteiger partial charge is 0.114 e. The Bertz CT molecular complexity index is 293. The number of rotatable bonds is 2. The Morgan fingerprint density at radius 1 is 1.36 bits per heavy atom. The van der Waals surface area contributed by atoms with E-state index in [0.29, 0.717) is 5.69 Å². The van der Waals surface area contributed by atoms with E-state index in [-0.39, 0.29) is 0 Å². The summed E-state index contributed by atoms with van der Waals surface area (Å²) < 4.78 is 0. The van der Waals surface area contributed by atoms with Crippen LogP contribution in [0.25, 0.3) is 0 Å². The van der Waals surface area contributed by atoms with Gasteiger partial charge in [-0.15, -0.1) is 0 Å². The normalized spacial score (nSPS) is 22.1. The summed E-state index contributed by atoms with van der Waals surface area (Å²) in [6.45, 7) is 0. The van der Waals surface area contributed by atoms with Gasteiger partial charge in [-0.05, 0) is 25.0 Å². The second-order valence-corrected chi connectivity index (χ2v) is 4.10. The fraction of sp³-hybridized carbons (Fsp3) is 0.545. The van der Waals surface area contributed by atoms with Gasteiger partial charge in [0.25, 0.3) is 0 Å². The van der Waals surface area contributed by atoms with Crippen molar-refractivity contribution in [2.24, 2.45) is 5.73 Å². The van der Waals surface area contributed by atoms with E-state index in [9.17, 15) is 5.11 Å². The van der Waals surface area contributed by atoms with E-state index in [1.807, 2.05) is 18.2 Å². The summed E-state index contributed by atoms with van der Waals surface area (Å²) in [5.74, 6) is 0. The molecule has 14 heavy (non-hydrogen) atoms. The molecule has 0 spiro atoms. The Balaban J connectivity index is 2.19. The standard InChI is InChI=1S/C11H16N2O/c12-11(6-2-3-7-11)10(14)9-5-1-4-8-13-9/h1,4-5,8,10,14H,2-3,6-7,12H2. The molecule has 3 heteroatoms. The van der Waals surface area contributed by atoms with Crippen molar-refractivity contribution < 1.29 is 5.11 Å². The molecular weight excluding hydrogens is 176 g/mol. The van der Waals surface area contributed by atoms with Crippen molar-refractivity contribution in [1.29, 1.82) is 0 Å². The second kappa shape index (κ2) is 3.67. The molecule has 1 fully saturated rings. The monoisotopic (exact) mass is 192 g/mol. The van der Waals surface area contributed by atoms with Gasteiger partial charge in [-0.25, -0.2) is 0 Å². The fourth-order valence-electron chi connectivity index (χ4n) is 2.14. The first-order valence-corrected chi connectivity index (χ1v) is 5.10. The predicted octanol–water partition coefficient (Wildman–Crippen LogP) is 1.39. The summed E-state index contributed by atoms with van der Waals surface area (Å²) >= 11 is 0. The summed E-state index contributed by atoms with van der Waals surface area (Å²) in [6, 6.07) is 5.55. The number of aromatic nitrogens is 1. The Morgan fingerprint density at radius 2 is 2.07 bits per heavy atom. The van der Waals surface area contributed by atoms with Gasteiger partial charge in [0.2, 0.25) is 0 Å². The first-order valence-electron chi connectivity index (χ1n) is 5.10. The highest BCUT2D eigenvalue weighted by molar-refractivity contribution is 5.13. The first-order chi connectivity index (χ1) is 6.72. The third kappa shape index (κ3) is 1.65. The zero-order valence-electron chi connectivity index (χ0n) is 8.19. The number of aliphatic hydroxyl groups excluding tert-OH is 1. The largest absolute Gasteiger partial charge is 0.385 e. The summed E-state index contributed by atoms with van der Waals surface area (Å²) in [5, 5.41) is 10.1. The number of nitrogens with two attached hydrogens (primary N) is 1. The van der Waals surface area contributed by atoms with Gasteiger partial charge in [0.15, 0.2) is 0 Å². The van der Waals surface area contributed by atoms with Crippen LogP contribution in [0.1, 0.15) is 37.5 Å². The third-order valence-corrected chi connectivity index (χ3v) is 3.05. The lowest BCUT2D eigenvalue weighted by Gasteiger charge is -2.29. The van der Waals surface area contributed by atoms with Crippen LogP contribution in [-0.4, -0.2) is 15.6 Å². The Morgan fingerprint density at radius 3 is 2.64 bits per heavy atom. The molecule has 0 radical (unpaired) electrons. The Hall–Kier alpha value is -0.930. The van der Waals surface area contributed by atoms with E-state index in [1.54, 1.807) is 6.20 Å². The minimum atomic E-state index is -0.619. The van der Waals surface area contributed by atoms with Crippen LogP contribution < -0.4 is 5.73 Å². The van der Waals surface area contributed by atoms with E-state index in [4.69, 9.17) is 5.73 Å². The van der Waals surface area contributed by atoms with E-state index in [0.717, 1.165) is 25.7 Å². The number of hydrogen-bond donors (Lipinski definition) is 2. The average molecular weight is 192 g/mol. The van der Waals surface area contributed by atoms with Crippen LogP contribution in [0.15, 0.2) is 24.4 Å². The molecule has 1 aromatic heterocycles. The van der Waals surface area contributed by atoms with E-state index < -0.39 is 11.6 Å². The lowest BCUT2D eigenvalue weighted by Crippen LogP contribution is -2.43. The molecule has 1 aliphatic rings. The lowest BCUT2D eigenvalue weighted by molar-refractivity contribution is 0.0833. The van der Waals surface area contributed by atoms with Gasteiger partial charge in [-0.2, -0.15) is 0 Å². The summed E-state index contributed by atoms with van der Waals surface area (Å²) in [6.07, 6.45) is 5.08. The Kier molecular flexibility index (Phi) is 2.52. The maximum absolute atomic E-state index is 10.1. The molecule has 1 atom stereocenters. The summed E-state index contributed by atoms with van der Waals surface area (Å²) in [4.78, 5) is 4.14. The first kappa shape index (κ1) is 9.62. The molecule has 1 saturated carbocycles. The third-order valence-electron chi connectivity index (χ3n) is 3.05. The maximum atomic E-state index is 10.1. The van der Waals surface area contributed by atoms with Crippen molar-refractivity contribution in [3.8, 4) is 0 Å². The molecular formula is C11H16N2O. The SMILES string of the molecule is NC1(C(O)c2ccccn2)CCCC1. The highest BCUT2D eigenvalue weighted by Crippen LogP contribution is 2.36. The van der Waals surface area contributed by atoms with E-state index in [2.05, 4.69) is 4.98 Å².